The number of nitrogens with zero attached hydrogens (tertiary/aromatic N) is 3. The van der Waals surface area contributed by atoms with E-state index < -0.39 is 23.3 Å². The number of aliphatic carboxylic acids is 1. The number of piperidine rings is 1. The van der Waals surface area contributed by atoms with Crippen LogP contribution < -0.4 is 0 Å². The van der Waals surface area contributed by atoms with Gasteiger partial charge in [0.2, 0.25) is 0 Å². The Bertz CT molecular complexity index is 1070. The zero-order chi connectivity index (χ0) is 23.1. The second-order valence-corrected chi connectivity index (χ2v) is 7.88. The first kappa shape index (κ1) is 23.4. The Morgan fingerprint density at radius 2 is 1.97 bits per heavy atom. The van der Waals surface area contributed by atoms with Crippen molar-refractivity contribution < 1.29 is 29.3 Å². The van der Waals surface area contributed by atoms with Gasteiger partial charge < -0.3 is 24.8 Å². The van der Waals surface area contributed by atoms with Crippen LogP contribution in [0.5, 0.6) is 0 Å². The van der Waals surface area contributed by atoms with Crippen LogP contribution in [-0.4, -0.2) is 68.0 Å². The highest BCUT2D eigenvalue weighted by Crippen LogP contribution is 2.35. The molecule has 1 aliphatic heterocycles. The lowest BCUT2D eigenvalue weighted by atomic mass is 9.73. The van der Waals surface area contributed by atoms with E-state index in [1.54, 1.807) is 18.5 Å². The average Bonchev–Trinajstić information content (AvgIpc) is 3.18. The predicted octanol–water partition coefficient (Wildman–Crippen LogP) is 2.26. The third-order valence-corrected chi connectivity index (χ3v) is 5.88. The molecule has 0 radical (unpaired) electrons. The molecule has 0 aliphatic carbocycles. The van der Waals surface area contributed by atoms with Gasteiger partial charge in [0.25, 0.3) is 6.47 Å². The van der Waals surface area contributed by atoms with Gasteiger partial charge in [0.15, 0.2) is 0 Å². The highest BCUT2D eigenvalue weighted by molar-refractivity contribution is 5.76. The lowest BCUT2D eigenvalue weighted by molar-refractivity contribution is -0.163. The quantitative estimate of drug-likeness (QED) is 0.501. The summed E-state index contributed by atoms with van der Waals surface area (Å²) in [7, 11) is 0. The number of aliphatic hydroxyl groups is 1. The average molecular weight is 443 g/mol. The first-order valence-electron chi connectivity index (χ1n) is 10.3. The molecular formula is C23H26FN3O5. The Labute approximate surface area is 184 Å². The van der Waals surface area contributed by atoms with Crippen LogP contribution in [0.4, 0.5) is 4.39 Å². The number of carboxylic acids is 1. The van der Waals surface area contributed by atoms with Gasteiger partial charge in [0.1, 0.15) is 11.2 Å². The minimum Gasteiger partial charge on any atom is -0.483 e. The van der Waals surface area contributed by atoms with E-state index in [4.69, 9.17) is 9.90 Å². The van der Waals surface area contributed by atoms with Crippen molar-refractivity contribution in [2.75, 3.05) is 19.6 Å². The van der Waals surface area contributed by atoms with Gasteiger partial charge in [-0.1, -0.05) is 24.3 Å². The number of hydrogen-bond donors (Lipinski definition) is 3. The molecule has 170 valence electrons. The standard InChI is InChI=1S/C22H24FN3O3.CH2O2/c23-17-5-3-4-16(12-17)13-22(21(28)29)14-25(9-8-20(22)27)10-11-26-15-24-18-6-1-2-7-19(18)26;2-1-3/h1-7,12,15,20,27H,8-11,13-14H2,(H,28,29);1H,(H,2,3)/t20-,22-;/m1./s1. The van der Waals surface area contributed by atoms with Gasteiger partial charge in [-0.05, 0) is 42.7 Å². The van der Waals surface area contributed by atoms with Crippen LogP contribution in [-0.2, 0) is 22.6 Å². The number of hydrogen-bond acceptors (Lipinski definition) is 5. The lowest BCUT2D eigenvalue weighted by Crippen LogP contribution is -2.57. The molecule has 9 heteroatoms. The highest BCUT2D eigenvalue weighted by Gasteiger charge is 2.49. The summed E-state index contributed by atoms with van der Waals surface area (Å²) in [6, 6.07) is 13.8. The van der Waals surface area contributed by atoms with E-state index >= 15 is 0 Å². The second-order valence-electron chi connectivity index (χ2n) is 7.88. The summed E-state index contributed by atoms with van der Waals surface area (Å²) in [6.45, 7) is 1.90. The van der Waals surface area contributed by atoms with E-state index in [1.807, 2.05) is 24.3 Å². The maximum Gasteiger partial charge on any atom is 0.313 e. The maximum atomic E-state index is 13.6. The Morgan fingerprint density at radius 3 is 2.69 bits per heavy atom. The number of aliphatic hydroxyl groups excluding tert-OH is 1. The molecule has 3 N–H and O–H groups in total. The third kappa shape index (κ3) is 5.12. The molecule has 2 atom stereocenters. The molecule has 0 spiro atoms. The monoisotopic (exact) mass is 443 g/mol. The van der Waals surface area contributed by atoms with E-state index in [2.05, 4.69) is 14.5 Å². The molecule has 4 rings (SSSR count). The van der Waals surface area contributed by atoms with Crippen molar-refractivity contribution in [3.8, 4) is 0 Å². The number of para-hydroxylation sites is 2. The first-order chi connectivity index (χ1) is 15.4. The van der Waals surface area contributed by atoms with E-state index in [1.165, 1.54) is 12.1 Å². The second kappa shape index (κ2) is 10.3. The maximum absolute atomic E-state index is 13.6. The molecule has 1 saturated heterocycles. The predicted molar refractivity (Wildman–Crippen MR) is 116 cm³/mol. The summed E-state index contributed by atoms with van der Waals surface area (Å²) in [5.41, 5.74) is 1.18. The van der Waals surface area contributed by atoms with Crippen LogP contribution in [0.1, 0.15) is 12.0 Å². The molecule has 2 aromatic carbocycles. The van der Waals surface area contributed by atoms with Crippen LogP contribution in [0, 0.1) is 11.2 Å². The number of carbonyl (C=O) groups is 2. The number of aromatic nitrogens is 2. The van der Waals surface area contributed by atoms with Crippen LogP contribution >= 0.6 is 0 Å². The van der Waals surface area contributed by atoms with Crippen LogP contribution in [0.3, 0.4) is 0 Å². The number of imidazole rings is 1. The third-order valence-electron chi connectivity index (χ3n) is 5.88. The molecule has 0 bridgehead atoms. The summed E-state index contributed by atoms with van der Waals surface area (Å²) in [6.07, 6.45) is 1.27. The number of fused-ring (bicyclic) bond motifs is 1. The van der Waals surface area contributed by atoms with Crippen molar-refractivity contribution in [1.82, 2.24) is 14.5 Å². The highest BCUT2D eigenvalue weighted by atomic mass is 19.1. The van der Waals surface area contributed by atoms with Crippen molar-refractivity contribution in [2.24, 2.45) is 5.41 Å². The Hall–Kier alpha value is -3.30. The SMILES string of the molecule is O=C(O)[C@]1(Cc2cccc(F)c2)CN(CCn2cnc3ccccc32)CC[C@H]1O.O=CO. The van der Waals surface area contributed by atoms with E-state index in [0.717, 1.165) is 11.0 Å². The normalized spacial score (nSPS) is 21.0. The lowest BCUT2D eigenvalue weighted by Gasteiger charge is -2.43. The smallest absolute Gasteiger partial charge is 0.313 e. The Morgan fingerprint density at radius 1 is 1.22 bits per heavy atom. The van der Waals surface area contributed by atoms with E-state index in [-0.39, 0.29) is 19.4 Å². The number of rotatable bonds is 6. The fourth-order valence-corrected chi connectivity index (χ4v) is 4.26. The van der Waals surface area contributed by atoms with Gasteiger partial charge in [0.05, 0.1) is 23.5 Å². The molecular weight excluding hydrogens is 417 g/mol. The number of likely N-dealkylation sites (tertiary alicyclic amines) is 1. The molecule has 32 heavy (non-hydrogen) atoms. The van der Waals surface area contributed by atoms with Gasteiger partial charge in [-0.15, -0.1) is 0 Å². The van der Waals surface area contributed by atoms with Crippen molar-refractivity contribution in [3.05, 3.63) is 66.2 Å². The van der Waals surface area contributed by atoms with Gasteiger partial charge in [-0.2, -0.15) is 0 Å². The molecule has 3 aromatic rings. The zero-order valence-corrected chi connectivity index (χ0v) is 17.5. The summed E-state index contributed by atoms with van der Waals surface area (Å²) in [5.74, 6) is -1.45. The van der Waals surface area contributed by atoms with Crippen LogP contribution in [0.2, 0.25) is 0 Å². The minimum absolute atomic E-state index is 0.0891. The van der Waals surface area contributed by atoms with Gasteiger partial charge >= 0.3 is 5.97 Å². The van der Waals surface area contributed by atoms with Crippen LogP contribution in [0.25, 0.3) is 11.0 Å². The molecule has 0 unspecified atom stereocenters. The molecule has 1 fully saturated rings. The van der Waals surface area contributed by atoms with Crippen molar-refractivity contribution >= 4 is 23.5 Å². The summed E-state index contributed by atoms with van der Waals surface area (Å²) >= 11 is 0. The molecule has 1 aliphatic rings. The largest absolute Gasteiger partial charge is 0.483 e. The van der Waals surface area contributed by atoms with Gasteiger partial charge in [0, 0.05) is 26.2 Å². The topological polar surface area (TPSA) is 116 Å². The molecule has 0 saturated carbocycles. The number of halogens is 1. The molecule has 1 aromatic heterocycles. The van der Waals surface area contributed by atoms with E-state index in [9.17, 15) is 19.4 Å². The molecule has 8 nitrogen and oxygen atoms in total. The first-order valence-corrected chi connectivity index (χ1v) is 10.3. The van der Waals surface area contributed by atoms with Gasteiger partial charge in [-0.25, -0.2) is 9.37 Å². The van der Waals surface area contributed by atoms with E-state index in [0.29, 0.717) is 31.6 Å². The number of carboxylic acid groups (broad SMARTS) is 2. The fraction of sp³-hybridized carbons (Fsp3) is 0.348. The molecule has 0 amide bonds. The zero-order valence-electron chi connectivity index (χ0n) is 17.5. The Kier molecular flexibility index (Phi) is 7.55. The summed E-state index contributed by atoms with van der Waals surface area (Å²) in [4.78, 5) is 27.0. The van der Waals surface area contributed by atoms with Gasteiger partial charge in [-0.3, -0.25) is 9.59 Å². The molecule has 2 heterocycles. The number of benzene rings is 2. The minimum atomic E-state index is -1.36. The summed E-state index contributed by atoms with van der Waals surface area (Å²) < 4.78 is 15.6. The Balaban J connectivity index is 0.000000913. The van der Waals surface area contributed by atoms with Crippen molar-refractivity contribution in [2.45, 2.75) is 25.5 Å². The fourth-order valence-electron chi connectivity index (χ4n) is 4.26. The van der Waals surface area contributed by atoms with Crippen molar-refractivity contribution in [3.63, 3.8) is 0 Å². The van der Waals surface area contributed by atoms with Crippen molar-refractivity contribution in [1.29, 1.82) is 0 Å². The summed E-state index contributed by atoms with van der Waals surface area (Å²) in [5, 5.41) is 27.5. The van der Waals surface area contributed by atoms with Crippen LogP contribution in [0.15, 0.2) is 54.9 Å².